The number of ether oxygens (including phenoxy) is 1. The van der Waals surface area contributed by atoms with Crippen LogP contribution < -0.4 is 5.32 Å². The highest BCUT2D eigenvalue weighted by atomic mass is 32.1. The second-order valence-corrected chi connectivity index (χ2v) is 7.50. The van der Waals surface area contributed by atoms with Crippen molar-refractivity contribution >= 4 is 43.2 Å². The highest BCUT2D eigenvalue weighted by Crippen LogP contribution is 2.36. The van der Waals surface area contributed by atoms with E-state index in [2.05, 4.69) is 40.6 Å². The van der Waals surface area contributed by atoms with Gasteiger partial charge in [-0.25, -0.2) is 9.98 Å². The van der Waals surface area contributed by atoms with Crippen LogP contribution in [0.1, 0.15) is 11.1 Å². The van der Waals surface area contributed by atoms with Gasteiger partial charge in [-0.1, -0.05) is 42.5 Å². The number of thiophene rings is 1. The third kappa shape index (κ3) is 2.74. The van der Waals surface area contributed by atoms with E-state index in [0.29, 0.717) is 17.2 Å². The maximum absolute atomic E-state index is 10.2. The lowest BCUT2D eigenvalue weighted by molar-refractivity contribution is 0.0975. The molecular formula is C22H17N3O2S. The molecule has 1 aliphatic heterocycles. The first kappa shape index (κ1) is 16.9. The van der Waals surface area contributed by atoms with Crippen molar-refractivity contribution in [1.29, 1.82) is 0 Å². The van der Waals surface area contributed by atoms with Gasteiger partial charge in [0, 0.05) is 32.8 Å². The summed E-state index contributed by atoms with van der Waals surface area (Å²) in [4.78, 5) is 9.19. The normalized spacial score (nSPS) is 16.7. The molecule has 0 fully saturated rings. The lowest BCUT2D eigenvalue weighted by atomic mass is 10.1. The van der Waals surface area contributed by atoms with Crippen molar-refractivity contribution in [1.82, 2.24) is 5.32 Å². The van der Waals surface area contributed by atoms with Crippen LogP contribution in [-0.4, -0.2) is 30.2 Å². The first-order valence-electron chi connectivity index (χ1n) is 8.89. The second kappa shape index (κ2) is 6.74. The van der Waals surface area contributed by atoms with Crippen LogP contribution in [-0.2, 0) is 4.74 Å². The number of benzene rings is 3. The summed E-state index contributed by atoms with van der Waals surface area (Å²) in [6.07, 6.45) is -0.577. The van der Waals surface area contributed by atoms with Crippen molar-refractivity contribution in [2.45, 2.75) is 6.35 Å². The first-order chi connectivity index (χ1) is 13.7. The van der Waals surface area contributed by atoms with Crippen LogP contribution in [0.4, 0.5) is 0 Å². The minimum absolute atomic E-state index is 0.140. The summed E-state index contributed by atoms with van der Waals surface area (Å²) < 4.78 is 7.84. The van der Waals surface area contributed by atoms with E-state index >= 15 is 0 Å². The van der Waals surface area contributed by atoms with Gasteiger partial charge in [0.05, 0.1) is 5.56 Å². The number of fused-ring (bicyclic) bond motifs is 3. The standard InChI is InChI=1S/C22H17N3O2S/c1-27-22-24-20(15-8-2-4-11-17(15)26)23-21(25-22)16-10-6-9-14-13-7-3-5-12-18(13)28-19(14)16/h2-12,22,26H,1H3,(H,23,24,25). The number of aromatic hydroxyl groups is 1. The zero-order valence-electron chi connectivity index (χ0n) is 15.1. The molecule has 0 bridgehead atoms. The van der Waals surface area contributed by atoms with E-state index in [1.165, 1.54) is 15.5 Å². The molecule has 0 spiro atoms. The molecule has 2 heterocycles. The van der Waals surface area contributed by atoms with E-state index < -0.39 is 6.35 Å². The molecular weight excluding hydrogens is 370 g/mol. The molecule has 0 radical (unpaired) electrons. The molecule has 2 N–H and O–H groups in total. The third-order valence-corrected chi connectivity index (χ3v) is 5.96. The molecule has 1 aliphatic rings. The van der Waals surface area contributed by atoms with Crippen LogP contribution in [0.3, 0.4) is 0 Å². The molecule has 1 unspecified atom stereocenters. The smallest absolute Gasteiger partial charge is 0.228 e. The Hall–Kier alpha value is -3.22. The van der Waals surface area contributed by atoms with Crippen LogP contribution >= 0.6 is 11.3 Å². The highest BCUT2D eigenvalue weighted by Gasteiger charge is 2.22. The summed E-state index contributed by atoms with van der Waals surface area (Å²) in [6.45, 7) is 0. The van der Waals surface area contributed by atoms with Gasteiger partial charge in [0.2, 0.25) is 6.35 Å². The molecule has 0 saturated carbocycles. The summed E-state index contributed by atoms with van der Waals surface area (Å²) in [5, 5.41) is 15.9. The summed E-state index contributed by atoms with van der Waals surface area (Å²) in [6, 6.07) is 21.6. The zero-order valence-corrected chi connectivity index (χ0v) is 15.9. The predicted octanol–water partition coefficient (Wildman–Crippen LogP) is 4.49. The number of rotatable bonds is 3. The number of phenols is 1. The van der Waals surface area contributed by atoms with Crippen molar-refractivity contribution in [2.24, 2.45) is 9.98 Å². The maximum Gasteiger partial charge on any atom is 0.228 e. The first-order valence-corrected chi connectivity index (χ1v) is 9.71. The van der Waals surface area contributed by atoms with Gasteiger partial charge in [-0.15, -0.1) is 11.3 Å². The number of hydrogen-bond acceptors (Lipinski definition) is 6. The Kier molecular flexibility index (Phi) is 4.07. The van der Waals surface area contributed by atoms with Crippen LogP contribution in [0.2, 0.25) is 0 Å². The third-order valence-electron chi connectivity index (χ3n) is 4.75. The van der Waals surface area contributed by atoms with E-state index in [4.69, 9.17) is 9.73 Å². The van der Waals surface area contributed by atoms with E-state index in [-0.39, 0.29) is 5.75 Å². The fraction of sp³-hybridized carbons (Fsp3) is 0.0909. The molecule has 4 aromatic rings. The van der Waals surface area contributed by atoms with Crippen molar-refractivity contribution in [3.8, 4) is 5.75 Å². The van der Waals surface area contributed by atoms with Crippen LogP contribution in [0.25, 0.3) is 20.2 Å². The average molecular weight is 387 g/mol. The van der Waals surface area contributed by atoms with Crippen molar-refractivity contribution in [2.75, 3.05) is 7.11 Å². The van der Waals surface area contributed by atoms with Gasteiger partial charge in [-0.3, -0.25) is 0 Å². The largest absolute Gasteiger partial charge is 0.507 e. The molecule has 3 aromatic carbocycles. The molecule has 0 amide bonds. The number of para-hydroxylation sites is 1. The number of nitrogens with one attached hydrogen (secondary N) is 1. The summed E-state index contributed by atoms with van der Waals surface area (Å²) in [5.74, 6) is 1.26. The molecule has 0 saturated heterocycles. The van der Waals surface area contributed by atoms with Crippen molar-refractivity contribution in [3.63, 3.8) is 0 Å². The van der Waals surface area contributed by atoms with Gasteiger partial charge in [-0.05, 0) is 24.3 Å². The quantitative estimate of drug-likeness (QED) is 0.544. The van der Waals surface area contributed by atoms with Gasteiger partial charge < -0.3 is 15.2 Å². The van der Waals surface area contributed by atoms with Crippen LogP contribution in [0.5, 0.6) is 5.75 Å². The number of phenolic OH excluding ortho intramolecular Hbond substituents is 1. The minimum Gasteiger partial charge on any atom is -0.507 e. The minimum atomic E-state index is -0.577. The number of aliphatic imine (C=N–C) groups is 2. The highest BCUT2D eigenvalue weighted by molar-refractivity contribution is 7.26. The Labute approximate surface area is 165 Å². The summed E-state index contributed by atoms with van der Waals surface area (Å²) >= 11 is 1.74. The fourth-order valence-corrected chi connectivity index (χ4v) is 4.62. The van der Waals surface area contributed by atoms with Gasteiger partial charge in [0.15, 0.2) is 5.84 Å². The monoisotopic (exact) mass is 387 g/mol. The molecule has 5 nitrogen and oxygen atoms in total. The summed E-state index contributed by atoms with van der Waals surface area (Å²) in [5.41, 5.74) is 1.57. The second-order valence-electron chi connectivity index (χ2n) is 6.44. The van der Waals surface area contributed by atoms with Crippen molar-refractivity contribution in [3.05, 3.63) is 77.9 Å². The Morgan fingerprint density at radius 2 is 1.68 bits per heavy atom. The van der Waals surface area contributed by atoms with Gasteiger partial charge in [0.25, 0.3) is 0 Å². The fourth-order valence-electron chi connectivity index (χ4n) is 3.40. The molecule has 0 aliphatic carbocycles. The Morgan fingerprint density at radius 1 is 0.929 bits per heavy atom. The number of hydrogen-bond donors (Lipinski definition) is 2. The van der Waals surface area contributed by atoms with Crippen LogP contribution in [0.15, 0.2) is 76.7 Å². The number of nitrogens with zero attached hydrogens (tertiary/aromatic N) is 2. The lowest BCUT2D eigenvalue weighted by Crippen LogP contribution is -2.40. The maximum atomic E-state index is 10.2. The Bertz CT molecular complexity index is 1260. The molecule has 1 atom stereocenters. The lowest BCUT2D eigenvalue weighted by Gasteiger charge is -2.22. The van der Waals surface area contributed by atoms with E-state index in [1.807, 2.05) is 18.2 Å². The van der Waals surface area contributed by atoms with Gasteiger partial charge in [-0.2, -0.15) is 0 Å². The van der Waals surface area contributed by atoms with Crippen LogP contribution in [0, 0.1) is 0 Å². The van der Waals surface area contributed by atoms with Gasteiger partial charge in [0.1, 0.15) is 11.6 Å². The Balaban J connectivity index is 1.70. The molecule has 6 heteroatoms. The number of amidine groups is 2. The predicted molar refractivity (Wildman–Crippen MR) is 114 cm³/mol. The molecule has 5 rings (SSSR count). The van der Waals surface area contributed by atoms with Crippen molar-refractivity contribution < 1.29 is 9.84 Å². The van der Waals surface area contributed by atoms with Gasteiger partial charge >= 0.3 is 0 Å². The Morgan fingerprint density at radius 3 is 2.54 bits per heavy atom. The number of methoxy groups -OCH3 is 1. The molecule has 1 aromatic heterocycles. The molecule has 138 valence electrons. The van der Waals surface area contributed by atoms with E-state index in [0.717, 1.165) is 10.3 Å². The average Bonchev–Trinajstić information content (AvgIpc) is 3.12. The summed E-state index contributed by atoms with van der Waals surface area (Å²) in [7, 11) is 1.59. The van der Waals surface area contributed by atoms with E-state index in [9.17, 15) is 5.11 Å². The zero-order chi connectivity index (χ0) is 19.1. The topological polar surface area (TPSA) is 66.2 Å². The van der Waals surface area contributed by atoms with E-state index in [1.54, 1.807) is 36.6 Å². The molecule has 28 heavy (non-hydrogen) atoms. The SMILES string of the molecule is COC1N=C(c2ccccc2O)N=C(c2cccc3c2sc2ccccc23)N1.